The zero-order valence-corrected chi connectivity index (χ0v) is 16.3. The number of nitrogens with zero attached hydrogens (tertiary/aromatic N) is 2. The molecule has 146 valence electrons. The fraction of sp³-hybridized carbons (Fsp3) is 0.300. The van der Waals surface area contributed by atoms with Crippen molar-refractivity contribution in [3.05, 3.63) is 54.1 Å². The first-order valence-electron chi connectivity index (χ1n) is 8.98. The number of carbonyl (C=O) groups excluding carboxylic acids is 1. The molecule has 28 heavy (non-hydrogen) atoms. The number of sulfonamides is 1. The molecule has 1 atom stereocenters. The lowest BCUT2D eigenvalue weighted by molar-refractivity contribution is -0.122. The van der Waals surface area contributed by atoms with Gasteiger partial charge in [-0.3, -0.25) is 4.79 Å². The largest absolute Gasteiger partial charge is 0.481 e. The minimum Gasteiger partial charge on any atom is -0.481 e. The average Bonchev–Trinajstić information content (AvgIpc) is 3.25. The maximum Gasteiger partial charge on any atom is 0.265 e. The highest BCUT2D eigenvalue weighted by molar-refractivity contribution is 7.89. The molecule has 0 aromatic heterocycles. The molecule has 0 radical (unpaired) electrons. The van der Waals surface area contributed by atoms with Crippen LogP contribution in [0.25, 0.3) is 0 Å². The van der Waals surface area contributed by atoms with Gasteiger partial charge in [-0.2, -0.15) is 9.57 Å². The fourth-order valence-corrected chi connectivity index (χ4v) is 4.41. The molecule has 0 aliphatic carbocycles. The molecule has 1 heterocycles. The second-order valence-electron chi connectivity index (χ2n) is 6.52. The van der Waals surface area contributed by atoms with Crippen molar-refractivity contribution in [1.82, 2.24) is 4.31 Å². The molecular formula is C20H21N3O4S. The molecular weight excluding hydrogens is 378 g/mol. The van der Waals surface area contributed by atoms with Gasteiger partial charge < -0.3 is 10.1 Å². The van der Waals surface area contributed by atoms with Gasteiger partial charge in [-0.1, -0.05) is 0 Å². The van der Waals surface area contributed by atoms with Crippen LogP contribution in [0.5, 0.6) is 5.75 Å². The molecule has 7 nitrogen and oxygen atoms in total. The van der Waals surface area contributed by atoms with Crippen LogP contribution >= 0.6 is 0 Å². The molecule has 1 aliphatic heterocycles. The highest BCUT2D eigenvalue weighted by Crippen LogP contribution is 2.22. The summed E-state index contributed by atoms with van der Waals surface area (Å²) in [5, 5.41) is 11.5. The Labute approximate surface area is 164 Å². The maximum atomic E-state index is 12.5. The minimum atomic E-state index is -3.47. The number of rotatable bonds is 6. The number of nitriles is 1. The Balaban J connectivity index is 1.61. The number of hydrogen-bond donors (Lipinski definition) is 1. The molecule has 2 aromatic rings. The molecule has 0 bridgehead atoms. The van der Waals surface area contributed by atoms with Crippen LogP contribution < -0.4 is 10.1 Å². The maximum absolute atomic E-state index is 12.5. The molecule has 8 heteroatoms. The van der Waals surface area contributed by atoms with Crippen LogP contribution in [0.4, 0.5) is 5.69 Å². The topological polar surface area (TPSA) is 99.5 Å². The normalized spacial score (nSPS) is 15.6. The van der Waals surface area contributed by atoms with Crippen molar-refractivity contribution in [3.63, 3.8) is 0 Å². The summed E-state index contributed by atoms with van der Waals surface area (Å²) in [6, 6.07) is 14.6. The van der Waals surface area contributed by atoms with E-state index in [0.29, 0.717) is 30.1 Å². The van der Waals surface area contributed by atoms with Crippen LogP contribution in [0.1, 0.15) is 25.3 Å². The van der Waals surface area contributed by atoms with Gasteiger partial charge in [0.05, 0.1) is 16.5 Å². The molecule has 3 rings (SSSR count). The lowest BCUT2D eigenvalue weighted by atomic mass is 10.2. The second kappa shape index (κ2) is 8.42. The second-order valence-corrected chi connectivity index (χ2v) is 8.46. The van der Waals surface area contributed by atoms with Gasteiger partial charge in [0.15, 0.2) is 6.10 Å². The van der Waals surface area contributed by atoms with E-state index in [9.17, 15) is 13.2 Å². The summed E-state index contributed by atoms with van der Waals surface area (Å²) < 4.78 is 32.1. The first-order chi connectivity index (χ1) is 13.4. The molecule has 1 aliphatic rings. The number of benzene rings is 2. The van der Waals surface area contributed by atoms with Gasteiger partial charge in [-0.25, -0.2) is 8.42 Å². The number of carbonyl (C=O) groups is 1. The zero-order chi connectivity index (χ0) is 20.1. The van der Waals surface area contributed by atoms with Crippen molar-refractivity contribution in [3.8, 4) is 11.8 Å². The Morgan fingerprint density at radius 2 is 1.71 bits per heavy atom. The summed E-state index contributed by atoms with van der Waals surface area (Å²) >= 11 is 0. The molecule has 0 unspecified atom stereocenters. The van der Waals surface area contributed by atoms with Gasteiger partial charge in [0.2, 0.25) is 10.0 Å². The zero-order valence-electron chi connectivity index (χ0n) is 15.5. The minimum absolute atomic E-state index is 0.217. The van der Waals surface area contributed by atoms with E-state index in [1.165, 1.54) is 16.4 Å². The number of amides is 1. The number of nitrogens with one attached hydrogen (secondary N) is 1. The van der Waals surface area contributed by atoms with E-state index in [2.05, 4.69) is 5.32 Å². The quantitative estimate of drug-likeness (QED) is 0.805. The van der Waals surface area contributed by atoms with E-state index in [4.69, 9.17) is 10.00 Å². The average molecular weight is 399 g/mol. The molecule has 1 amide bonds. The van der Waals surface area contributed by atoms with E-state index >= 15 is 0 Å². The van der Waals surface area contributed by atoms with Crippen molar-refractivity contribution < 1.29 is 17.9 Å². The van der Waals surface area contributed by atoms with Crippen LogP contribution in [-0.2, 0) is 14.8 Å². The van der Waals surface area contributed by atoms with E-state index in [1.54, 1.807) is 43.3 Å². The first-order valence-corrected chi connectivity index (χ1v) is 10.4. The van der Waals surface area contributed by atoms with E-state index < -0.39 is 16.1 Å². The summed E-state index contributed by atoms with van der Waals surface area (Å²) in [4.78, 5) is 12.5. The third kappa shape index (κ3) is 4.50. The Morgan fingerprint density at radius 3 is 2.29 bits per heavy atom. The number of ether oxygens (including phenoxy) is 1. The highest BCUT2D eigenvalue weighted by Gasteiger charge is 2.27. The van der Waals surface area contributed by atoms with Crippen LogP contribution in [0.2, 0.25) is 0 Å². The predicted molar refractivity (Wildman–Crippen MR) is 104 cm³/mol. The molecule has 1 saturated heterocycles. The van der Waals surface area contributed by atoms with Crippen LogP contribution in [0, 0.1) is 11.3 Å². The van der Waals surface area contributed by atoms with Gasteiger partial charge in [0.25, 0.3) is 5.91 Å². The van der Waals surface area contributed by atoms with E-state index in [1.807, 2.05) is 6.07 Å². The van der Waals surface area contributed by atoms with Crippen molar-refractivity contribution >= 4 is 21.6 Å². The third-order valence-corrected chi connectivity index (χ3v) is 6.40. The summed E-state index contributed by atoms with van der Waals surface area (Å²) in [6.45, 7) is 2.70. The molecule has 2 aromatic carbocycles. The van der Waals surface area contributed by atoms with Crippen molar-refractivity contribution in [1.29, 1.82) is 5.26 Å². The third-order valence-electron chi connectivity index (χ3n) is 4.49. The predicted octanol–water partition coefficient (Wildman–Crippen LogP) is 2.75. The Morgan fingerprint density at radius 1 is 1.11 bits per heavy atom. The summed E-state index contributed by atoms with van der Waals surface area (Å²) in [5.41, 5.74) is 0.995. The van der Waals surface area contributed by atoms with Gasteiger partial charge in [-0.05, 0) is 68.3 Å². The fourth-order valence-electron chi connectivity index (χ4n) is 2.90. The molecule has 1 N–H and O–H groups in total. The van der Waals surface area contributed by atoms with Crippen LogP contribution in [0.3, 0.4) is 0 Å². The van der Waals surface area contributed by atoms with E-state index in [-0.39, 0.29) is 10.8 Å². The van der Waals surface area contributed by atoms with Gasteiger partial charge in [0.1, 0.15) is 5.75 Å². The molecule has 0 spiro atoms. The summed E-state index contributed by atoms with van der Waals surface area (Å²) in [7, 11) is -3.47. The molecule has 1 fully saturated rings. The molecule has 0 saturated carbocycles. The smallest absolute Gasteiger partial charge is 0.265 e. The number of anilines is 1. The lowest BCUT2D eigenvalue weighted by Gasteiger charge is -2.17. The van der Waals surface area contributed by atoms with Crippen LogP contribution in [0.15, 0.2) is 53.4 Å². The highest BCUT2D eigenvalue weighted by atomic mass is 32.2. The SMILES string of the molecule is C[C@@H](Oc1ccc(C#N)cc1)C(=O)Nc1ccc(S(=O)(=O)N2CCCC2)cc1. The van der Waals surface area contributed by atoms with Gasteiger partial charge in [0, 0.05) is 18.8 Å². The van der Waals surface area contributed by atoms with Crippen LogP contribution in [-0.4, -0.2) is 37.8 Å². The van der Waals surface area contributed by atoms with Crippen molar-refractivity contribution in [2.45, 2.75) is 30.8 Å². The summed E-state index contributed by atoms with van der Waals surface area (Å²) in [6.07, 6.45) is 0.996. The standard InChI is InChI=1S/C20H21N3O4S/c1-15(27-18-8-4-16(14-21)5-9-18)20(24)22-17-6-10-19(11-7-17)28(25,26)23-12-2-3-13-23/h4-11,15H,2-3,12-13H2,1H3,(H,22,24)/t15-/m1/s1. The summed E-state index contributed by atoms with van der Waals surface area (Å²) in [5.74, 6) is 0.119. The van der Waals surface area contributed by atoms with Gasteiger partial charge >= 0.3 is 0 Å². The lowest BCUT2D eigenvalue weighted by Crippen LogP contribution is -2.30. The monoisotopic (exact) mass is 399 g/mol. The first kappa shape index (κ1) is 19.9. The Kier molecular flexibility index (Phi) is 5.97. The van der Waals surface area contributed by atoms with Crippen molar-refractivity contribution in [2.75, 3.05) is 18.4 Å². The number of hydrogen-bond acceptors (Lipinski definition) is 5. The van der Waals surface area contributed by atoms with E-state index in [0.717, 1.165) is 12.8 Å². The van der Waals surface area contributed by atoms with Gasteiger partial charge in [-0.15, -0.1) is 0 Å². The van der Waals surface area contributed by atoms with Crippen molar-refractivity contribution in [2.24, 2.45) is 0 Å². The Bertz CT molecular complexity index is 974. The Hall–Kier alpha value is -2.89.